The summed E-state index contributed by atoms with van der Waals surface area (Å²) >= 11 is 1.62. The molecule has 2 nitrogen and oxygen atoms in total. The van der Waals surface area contributed by atoms with Gasteiger partial charge in [-0.15, -0.1) is 11.8 Å². The summed E-state index contributed by atoms with van der Waals surface area (Å²) in [5.74, 6) is 2.12. The Balaban J connectivity index is 2.88. The van der Waals surface area contributed by atoms with E-state index in [4.69, 9.17) is 9.84 Å². The van der Waals surface area contributed by atoms with Crippen LogP contribution in [0, 0.1) is 0 Å². The Kier molecular flexibility index (Phi) is 4.99. The third kappa shape index (κ3) is 3.43. The monoisotopic (exact) mass is 226 g/mol. The van der Waals surface area contributed by atoms with Gasteiger partial charge in [0.05, 0.1) is 13.7 Å². The van der Waals surface area contributed by atoms with Gasteiger partial charge in [0.2, 0.25) is 0 Å². The zero-order valence-corrected chi connectivity index (χ0v) is 10.3. The van der Waals surface area contributed by atoms with Gasteiger partial charge < -0.3 is 9.84 Å². The molecule has 0 unspecified atom stereocenters. The molecule has 3 heteroatoms. The van der Waals surface area contributed by atoms with E-state index in [1.165, 1.54) is 5.56 Å². The first-order chi connectivity index (χ1) is 7.19. The van der Waals surface area contributed by atoms with Crippen molar-refractivity contribution in [2.75, 3.05) is 19.5 Å². The summed E-state index contributed by atoms with van der Waals surface area (Å²) in [6.45, 7) is 4.52. The summed E-state index contributed by atoms with van der Waals surface area (Å²) in [7, 11) is 1.68. The van der Waals surface area contributed by atoms with Crippen LogP contribution in [0.4, 0.5) is 0 Å². The van der Waals surface area contributed by atoms with Gasteiger partial charge in [-0.05, 0) is 23.6 Å². The van der Waals surface area contributed by atoms with Gasteiger partial charge >= 0.3 is 0 Å². The highest BCUT2D eigenvalue weighted by Gasteiger charge is 2.06. The molecular weight excluding hydrogens is 208 g/mol. The maximum absolute atomic E-state index is 8.77. The van der Waals surface area contributed by atoms with Crippen molar-refractivity contribution in [3.05, 3.63) is 23.8 Å². The molecule has 84 valence electrons. The topological polar surface area (TPSA) is 29.5 Å². The normalized spacial score (nSPS) is 10.7. The van der Waals surface area contributed by atoms with E-state index >= 15 is 0 Å². The summed E-state index contributed by atoms with van der Waals surface area (Å²) in [6, 6.07) is 6.26. The Morgan fingerprint density at radius 1 is 1.40 bits per heavy atom. The fraction of sp³-hybridized carbons (Fsp3) is 0.500. The van der Waals surface area contributed by atoms with Crippen LogP contribution in [0.15, 0.2) is 23.1 Å². The molecule has 1 aromatic carbocycles. The van der Waals surface area contributed by atoms with Gasteiger partial charge in [-0.1, -0.05) is 19.9 Å². The van der Waals surface area contributed by atoms with Crippen molar-refractivity contribution in [3.8, 4) is 5.75 Å². The minimum absolute atomic E-state index is 0.194. The number of ether oxygens (including phenoxy) is 1. The molecule has 0 bridgehead atoms. The first-order valence-corrected chi connectivity index (χ1v) is 6.09. The molecule has 0 aliphatic carbocycles. The van der Waals surface area contributed by atoms with Crippen LogP contribution in [0.2, 0.25) is 0 Å². The summed E-state index contributed by atoms with van der Waals surface area (Å²) in [5, 5.41) is 8.77. The van der Waals surface area contributed by atoms with Crippen molar-refractivity contribution >= 4 is 11.8 Å². The molecule has 0 heterocycles. The number of hydrogen-bond acceptors (Lipinski definition) is 3. The van der Waals surface area contributed by atoms with E-state index in [-0.39, 0.29) is 6.61 Å². The van der Waals surface area contributed by atoms with Gasteiger partial charge in [0.25, 0.3) is 0 Å². The second-order valence-corrected chi connectivity index (χ2v) is 4.77. The van der Waals surface area contributed by atoms with Crippen LogP contribution in [0.5, 0.6) is 5.75 Å². The lowest BCUT2D eigenvalue weighted by molar-refractivity contribution is 0.322. The molecule has 0 fully saturated rings. The lowest BCUT2D eigenvalue weighted by Crippen LogP contribution is -1.93. The lowest BCUT2D eigenvalue weighted by Gasteiger charge is -2.11. The number of hydrogen-bond donors (Lipinski definition) is 1. The van der Waals surface area contributed by atoms with Gasteiger partial charge in [0.15, 0.2) is 0 Å². The van der Waals surface area contributed by atoms with Gasteiger partial charge in [-0.2, -0.15) is 0 Å². The number of thioether (sulfide) groups is 1. The van der Waals surface area contributed by atoms with Crippen LogP contribution in [-0.2, 0) is 0 Å². The van der Waals surface area contributed by atoms with Gasteiger partial charge in [-0.25, -0.2) is 0 Å². The Hall–Kier alpha value is -0.670. The number of aliphatic hydroxyl groups is 1. The van der Waals surface area contributed by atoms with E-state index in [2.05, 4.69) is 32.0 Å². The van der Waals surface area contributed by atoms with Crippen molar-refractivity contribution < 1.29 is 9.84 Å². The highest BCUT2D eigenvalue weighted by atomic mass is 32.2. The Bertz CT molecular complexity index is 310. The van der Waals surface area contributed by atoms with Crippen LogP contribution in [0.3, 0.4) is 0 Å². The van der Waals surface area contributed by atoms with Gasteiger partial charge in [-0.3, -0.25) is 0 Å². The standard InChI is InChI=1S/C12H18O2S/c1-9(2)10-4-5-12(15-7-6-13)11(8-10)14-3/h4-5,8-9,13H,6-7H2,1-3H3. The van der Waals surface area contributed by atoms with Crippen LogP contribution >= 0.6 is 11.8 Å². The molecule has 0 aliphatic heterocycles. The fourth-order valence-corrected chi connectivity index (χ4v) is 2.08. The molecule has 1 aromatic rings. The van der Waals surface area contributed by atoms with Crippen molar-refractivity contribution in [3.63, 3.8) is 0 Å². The third-order valence-corrected chi connectivity index (χ3v) is 3.24. The van der Waals surface area contributed by atoms with Crippen molar-refractivity contribution in [2.24, 2.45) is 0 Å². The van der Waals surface area contributed by atoms with Crippen molar-refractivity contribution in [1.29, 1.82) is 0 Å². The van der Waals surface area contributed by atoms with Gasteiger partial charge in [0, 0.05) is 10.6 Å². The number of rotatable bonds is 5. The molecule has 0 atom stereocenters. The van der Waals surface area contributed by atoms with E-state index < -0.39 is 0 Å². The molecule has 0 amide bonds. The highest BCUT2D eigenvalue weighted by Crippen LogP contribution is 2.31. The average Bonchev–Trinajstić information content (AvgIpc) is 2.25. The van der Waals surface area contributed by atoms with E-state index in [9.17, 15) is 0 Å². The van der Waals surface area contributed by atoms with Gasteiger partial charge in [0.1, 0.15) is 5.75 Å². The number of aliphatic hydroxyl groups excluding tert-OH is 1. The summed E-state index contributed by atoms with van der Waals surface area (Å²) < 4.78 is 5.33. The zero-order chi connectivity index (χ0) is 11.3. The molecule has 0 radical (unpaired) electrons. The molecule has 1 rings (SSSR count). The first-order valence-electron chi connectivity index (χ1n) is 5.10. The summed E-state index contributed by atoms with van der Waals surface area (Å²) in [5.41, 5.74) is 1.28. The number of methoxy groups -OCH3 is 1. The molecule has 0 spiro atoms. The van der Waals surface area contributed by atoms with Crippen LogP contribution in [0.25, 0.3) is 0 Å². The highest BCUT2D eigenvalue weighted by molar-refractivity contribution is 7.99. The SMILES string of the molecule is COc1cc(C(C)C)ccc1SCCO. The molecule has 0 aromatic heterocycles. The minimum atomic E-state index is 0.194. The predicted octanol–water partition coefficient (Wildman–Crippen LogP) is 2.90. The second-order valence-electron chi connectivity index (χ2n) is 3.64. The van der Waals surface area contributed by atoms with Crippen LogP contribution in [0.1, 0.15) is 25.3 Å². The lowest BCUT2D eigenvalue weighted by atomic mass is 10.0. The Labute approximate surface area is 95.7 Å². The third-order valence-electron chi connectivity index (χ3n) is 2.20. The molecule has 0 saturated carbocycles. The molecule has 15 heavy (non-hydrogen) atoms. The van der Waals surface area contributed by atoms with Crippen molar-refractivity contribution in [2.45, 2.75) is 24.7 Å². The number of benzene rings is 1. The van der Waals surface area contributed by atoms with Crippen molar-refractivity contribution in [1.82, 2.24) is 0 Å². The minimum Gasteiger partial charge on any atom is -0.496 e. The Morgan fingerprint density at radius 2 is 2.13 bits per heavy atom. The second kappa shape index (κ2) is 6.03. The maximum Gasteiger partial charge on any atom is 0.132 e. The summed E-state index contributed by atoms with van der Waals surface area (Å²) in [6.07, 6.45) is 0. The van der Waals surface area contributed by atoms with E-state index in [1.54, 1.807) is 18.9 Å². The Morgan fingerprint density at radius 3 is 2.67 bits per heavy atom. The smallest absolute Gasteiger partial charge is 0.132 e. The zero-order valence-electron chi connectivity index (χ0n) is 9.49. The molecule has 1 N–H and O–H groups in total. The molecule has 0 aliphatic rings. The largest absolute Gasteiger partial charge is 0.496 e. The van der Waals surface area contributed by atoms with E-state index in [0.717, 1.165) is 10.6 Å². The quantitative estimate of drug-likeness (QED) is 0.783. The fourth-order valence-electron chi connectivity index (χ4n) is 1.32. The first kappa shape index (κ1) is 12.4. The molecule has 0 saturated heterocycles. The van der Waals surface area contributed by atoms with Crippen LogP contribution < -0.4 is 4.74 Å². The average molecular weight is 226 g/mol. The van der Waals surface area contributed by atoms with E-state index in [1.807, 2.05) is 0 Å². The predicted molar refractivity (Wildman–Crippen MR) is 64.9 cm³/mol. The summed E-state index contributed by atoms with van der Waals surface area (Å²) in [4.78, 5) is 1.09. The molecular formula is C12H18O2S. The maximum atomic E-state index is 8.77. The van der Waals surface area contributed by atoms with E-state index in [0.29, 0.717) is 11.7 Å². The van der Waals surface area contributed by atoms with Crippen LogP contribution in [-0.4, -0.2) is 24.6 Å².